The van der Waals surface area contributed by atoms with Gasteiger partial charge in [-0.1, -0.05) is 6.07 Å². The maximum absolute atomic E-state index is 12.0. The van der Waals surface area contributed by atoms with Crippen molar-refractivity contribution in [3.05, 3.63) is 23.8 Å². The minimum absolute atomic E-state index is 0.0760. The second kappa shape index (κ2) is 9.77. The summed E-state index contributed by atoms with van der Waals surface area (Å²) in [5.74, 6) is -0.515. The summed E-state index contributed by atoms with van der Waals surface area (Å²) < 4.78 is 5.36. The third-order valence-electron chi connectivity index (χ3n) is 6.53. The Balaban J connectivity index is 0.000000226. The van der Waals surface area contributed by atoms with Gasteiger partial charge in [0.2, 0.25) is 11.8 Å². The first-order valence-electron chi connectivity index (χ1n) is 12.1. The third-order valence-corrected chi connectivity index (χ3v) is 7.91. The molecule has 5 rings (SSSR count). The molecule has 0 saturated carbocycles. The Labute approximate surface area is 205 Å². The normalized spacial score (nSPS) is 25.0. The van der Waals surface area contributed by atoms with Crippen molar-refractivity contribution < 1.29 is 24.2 Å². The van der Waals surface area contributed by atoms with E-state index in [4.69, 9.17) is 4.74 Å². The second-order valence-electron chi connectivity index (χ2n) is 10.5. The first-order valence-corrected chi connectivity index (χ1v) is 13.0. The number of hydrogen-bond donors (Lipinski definition) is 3. The maximum atomic E-state index is 12.0. The van der Waals surface area contributed by atoms with Gasteiger partial charge in [0, 0.05) is 48.2 Å². The van der Waals surface area contributed by atoms with E-state index < -0.39 is 11.2 Å². The highest BCUT2D eigenvalue weighted by Gasteiger charge is 2.46. The highest BCUT2D eigenvalue weighted by atomic mass is 32.2. The van der Waals surface area contributed by atoms with Crippen LogP contribution in [0.15, 0.2) is 18.2 Å². The molecule has 0 aromatic heterocycles. The largest absolute Gasteiger partial charge is 0.460 e. The molecule has 2 amide bonds. The number of carbonyl (C=O) groups is 3. The molecule has 2 unspecified atom stereocenters. The van der Waals surface area contributed by atoms with Crippen LogP contribution in [0.25, 0.3) is 0 Å². The summed E-state index contributed by atoms with van der Waals surface area (Å²) in [4.78, 5) is 36.0. The lowest BCUT2D eigenvalue weighted by Crippen LogP contribution is -2.46. The Morgan fingerprint density at radius 2 is 1.97 bits per heavy atom. The molecule has 0 radical (unpaired) electrons. The minimum Gasteiger partial charge on any atom is -0.460 e. The van der Waals surface area contributed by atoms with Gasteiger partial charge in [-0.15, -0.1) is 11.8 Å². The molecule has 4 aliphatic heterocycles. The van der Waals surface area contributed by atoms with Crippen LogP contribution in [-0.4, -0.2) is 64.2 Å². The molecule has 9 heteroatoms. The number of ether oxygens (including phenoxy) is 1. The number of benzene rings is 1. The van der Waals surface area contributed by atoms with Crippen LogP contribution < -0.4 is 15.5 Å². The Bertz CT molecular complexity index is 952. The lowest BCUT2D eigenvalue weighted by Gasteiger charge is -2.39. The SMILES string of the molecule is CC(C)(C)OC(=O)CC1(O)CCN(c2cccc3c2CCN3)CC1.O=C1CCC2SC2C(=O)N1. The quantitative estimate of drug-likeness (QED) is 0.338. The van der Waals surface area contributed by atoms with Crippen LogP contribution in [0.2, 0.25) is 0 Å². The van der Waals surface area contributed by atoms with Crippen LogP contribution in [0.4, 0.5) is 11.4 Å². The lowest BCUT2D eigenvalue weighted by atomic mass is 9.87. The molecule has 0 aliphatic carbocycles. The number of hydrogen-bond acceptors (Lipinski definition) is 8. The summed E-state index contributed by atoms with van der Waals surface area (Å²) >= 11 is 1.66. The number of piperidine rings is 1. The van der Waals surface area contributed by atoms with Gasteiger partial charge in [0.1, 0.15) is 5.60 Å². The van der Waals surface area contributed by atoms with Crippen molar-refractivity contribution in [3.8, 4) is 0 Å². The second-order valence-corrected chi connectivity index (χ2v) is 11.9. The van der Waals surface area contributed by atoms with Crippen LogP contribution in [0.3, 0.4) is 0 Å². The zero-order chi connectivity index (χ0) is 24.5. The standard InChI is InChI=1S/C19H28N2O3.C6H7NO2S/c1-18(2,3)24-17(22)13-19(23)8-11-21(12-9-19)16-6-4-5-15-14(16)7-10-20-15;8-4-2-1-3-5(10-3)6(9)7-4/h4-6,20,23H,7-13H2,1-3H3;3,5H,1-2H2,(H,7,8,9). The highest BCUT2D eigenvalue weighted by Crippen LogP contribution is 2.45. The fourth-order valence-electron chi connectivity index (χ4n) is 4.75. The number of imide groups is 1. The van der Waals surface area contributed by atoms with Crippen LogP contribution in [0.5, 0.6) is 0 Å². The van der Waals surface area contributed by atoms with Gasteiger partial charge in [-0.2, -0.15) is 0 Å². The van der Waals surface area contributed by atoms with Crippen LogP contribution in [0, 0.1) is 0 Å². The molecule has 3 fully saturated rings. The fraction of sp³-hybridized carbons (Fsp3) is 0.640. The van der Waals surface area contributed by atoms with Crippen molar-refractivity contribution in [3.63, 3.8) is 0 Å². The van der Waals surface area contributed by atoms with E-state index in [2.05, 4.69) is 33.7 Å². The molecule has 186 valence electrons. The number of nitrogens with zero attached hydrogens (tertiary/aromatic N) is 1. The van der Waals surface area contributed by atoms with Crippen LogP contribution in [0.1, 0.15) is 58.4 Å². The third kappa shape index (κ3) is 6.24. The molecule has 0 spiro atoms. The van der Waals surface area contributed by atoms with Crippen molar-refractivity contribution in [2.75, 3.05) is 29.9 Å². The van der Waals surface area contributed by atoms with Gasteiger partial charge >= 0.3 is 5.97 Å². The molecule has 34 heavy (non-hydrogen) atoms. The van der Waals surface area contributed by atoms with E-state index in [0.29, 0.717) is 24.5 Å². The zero-order valence-electron chi connectivity index (χ0n) is 20.2. The van der Waals surface area contributed by atoms with Gasteiger partial charge in [0.05, 0.1) is 17.3 Å². The number of aliphatic hydroxyl groups is 1. The smallest absolute Gasteiger partial charge is 0.309 e. The molecule has 8 nitrogen and oxygen atoms in total. The molecule has 1 aromatic carbocycles. The molecular weight excluding hydrogens is 454 g/mol. The first kappa shape index (κ1) is 24.9. The number of fused-ring (bicyclic) bond motifs is 2. The summed E-state index contributed by atoms with van der Waals surface area (Å²) in [7, 11) is 0. The molecule has 3 saturated heterocycles. The molecule has 4 aliphatic rings. The Kier molecular flexibility index (Phi) is 7.14. The van der Waals surface area contributed by atoms with Gasteiger partial charge in [-0.3, -0.25) is 19.7 Å². The van der Waals surface area contributed by atoms with Crippen molar-refractivity contribution >= 4 is 40.9 Å². The molecule has 0 bridgehead atoms. The van der Waals surface area contributed by atoms with E-state index in [0.717, 1.165) is 32.5 Å². The number of anilines is 2. The number of thioether (sulfide) groups is 1. The van der Waals surface area contributed by atoms with Crippen LogP contribution >= 0.6 is 11.8 Å². The monoisotopic (exact) mass is 489 g/mol. The van der Waals surface area contributed by atoms with Gasteiger partial charge in [0.25, 0.3) is 0 Å². The average Bonchev–Trinajstić information content (AvgIpc) is 3.40. The Morgan fingerprint density at radius 3 is 2.68 bits per heavy atom. The molecular formula is C25H35N3O5S. The summed E-state index contributed by atoms with van der Waals surface area (Å²) in [6, 6.07) is 6.35. The summed E-state index contributed by atoms with van der Waals surface area (Å²) in [6.07, 6.45) is 3.68. The summed E-state index contributed by atoms with van der Waals surface area (Å²) in [6.45, 7) is 8.05. The predicted octanol–water partition coefficient (Wildman–Crippen LogP) is 2.62. The number of amides is 2. The highest BCUT2D eigenvalue weighted by molar-refractivity contribution is 8.08. The van der Waals surface area contributed by atoms with Gasteiger partial charge < -0.3 is 20.1 Å². The number of esters is 1. The van der Waals surface area contributed by atoms with E-state index >= 15 is 0 Å². The molecule has 3 N–H and O–H groups in total. The number of carbonyl (C=O) groups excluding carboxylic acids is 3. The lowest BCUT2D eigenvalue weighted by molar-refractivity contribution is -0.161. The van der Waals surface area contributed by atoms with E-state index in [1.165, 1.54) is 16.9 Å². The van der Waals surface area contributed by atoms with Crippen LogP contribution in [-0.2, 0) is 25.5 Å². The molecule has 1 aromatic rings. The molecule has 4 heterocycles. The molecule has 2 atom stereocenters. The van der Waals surface area contributed by atoms with Crippen molar-refractivity contribution in [1.82, 2.24) is 5.32 Å². The van der Waals surface area contributed by atoms with E-state index in [-0.39, 0.29) is 29.5 Å². The van der Waals surface area contributed by atoms with E-state index in [1.54, 1.807) is 11.8 Å². The van der Waals surface area contributed by atoms with Gasteiger partial charge in [-0.25, -0.2) is 0 Å². The average molecular weight is 490 g/mol. The minimum atomic E-state index is -0.949. The van der Waals surface area contributed by atoms with E-state index in [1.807, 2.05) is 20.8 Å². The zero-order valence-corrected chi connectivity index (χ0v) is 21.0. The topological polar surface area (TPSA) is 108 Å². The number of nitrogens with one attached hydrogen (secondary N) is 2. The maximum Gasteiger partial charge on any atom is 0.309 e. The summed E-state index contributed by atoms with van der Waals surface area (Å²) in [5.41, 5.74) is 2.40. The summed E-state index contributed by atoms with van der Waals surface area (Å²) in [5, 5.41) is 17.0. The van der Waals surface area contributed by atoms with E-state index in [9.17, 15) is 19.5 Å². The first-order chi connectivity index (χ1) is 16.0. The van der Waals surface area contributed by atoms with Gasteiger partial charge in [0.15, 0.2) is 0 Å². The van der Waals surface area contributed by atoms with Crippen molar-refractivity contribution in [2.24, 2.45) is 0 Å². The van der Waals surface area contributed by atoms with Crippen molar-refractivity contribution in [2.45, 2.75) is 81.0 Å². The Hall–Kier alpha value is -2.26. The Morgan fingerprint density at radius 1 is 1.24 bits per heavy atom. The number of rotatable bonds is 3. The van der Waals surface area contributed by atoms with Gasteiger partial charge in [-0.05, 0) is 58.6 Å². The predicted molar refractivity (Wildman–Crippen MR) is 133 cm³/mol. The fourth-order valence-corrected chi connectivity index (χ4v) is 5.73. The van der Waals surface area contributed by atoms with Crippen molar-refractivity contribution in [1.29, 1.82) is 0 Å².